The van der Waals surface area contributed by atoms with Crippen LogP contribution in [0.25, 0.3) is 21.7 Å². The van der Waals surface area contributed by atoms with Gasteiger partial charge in [0.2, 0.25) is 0 Å². The van der Waals surface area contributed by atoms with E-state index in [2.05, 4.69) is 38.4 Å². The van der Waals surface area contributed by atoms with Crippen LogP contribution in [0.15, 0.2) is 29.4 Å². The molecule has 1 aromatic carbocycles. The molecule has 5 heteroatoms. The molecule has 0 fully saturated rings. The zero-order chi connectivity index (χ0) is 12.4. The third-order valence-corrected chi connectivity index (χ3v) is 3.36. The Hall–Kier alpha value is -2.26. The lowest BCUT2D eigenvalue weighted by Crippen LogP contribution is -2.02. The van der Waals surface area contributed by atoms with Crippen molar-refractivity contribution < 1.29 is 0 Å². The van der Waals surface area contributed by atoms with Gasteiger partial charge >= 0.3 is 0 Å². The Kier molecular flexibility index (Phi) is 2.74. The summed E-state index contributed by atoms with van der Waals surface area (Å²) in [4.78, 5) is 2.74. The van der Waals surface area contributed by atoms with Gasteiger partial charge in [0.15, 0.2) is 0 Å². The van der Waals surface area contributed by atoms with Gasteiger partial charge in [0.25, 0.3) is 0 Å². The molecule has 1 aliphatic carbocycles. The number of hydrogen-bond acceptors (Lipinski definition) is 2. The molecule has 1 aromatic heterocycles. The summed E-state index contributed by atoms with van der Waals surface area (Å²) >= 11 is 0. The Bertz CT molecular complexity index is 622. The standard InChI is InChI=1S/C13H13N5/c14-18-17-13-8-12(15-16-13)11-6-5-9-3-1-2-4-10(9)7-11/h5-8H,1-4H2,(H,15,16). The number of azide groups is 1. The second kappa shape index (κ2) is 4.55. The first kappa shape index (κ1) is 10.9. The van der Waals surface area contributed by atoms with Crippen LogP contribution < -0.4 is 0 Å². The SMILES string of the molecule is [N-]=[N+]=Nc1cc(-c2ccc3c(c2)CCCC3)n[nH]1. The highest BCUT2D eigenvalue weighted by Crippen LogP contribution is 2.27. The van der Waals surface area contributed by atoms with Crippen LogP contribution in [0.5, 0.6) is 0 Å². The van der Waals surface area contributed by atoms with Crippen LogP contribution in [0.2, 0.25) is 0 Å². The third-order valence-electron chi connectivity index (χ3n) is 3.36. The van der Waals surface area contributed by atoms with E-state index in [9.17, 15) is 0 Å². The van der Waals surface area contributed by atoms with Gasteiger partial charge in [-0.15, -0.1) is 0 Å². The molecule has 0 atom stereocenters. The van der Waals surface area contributed by atoms with Gasteiger partial charge < -0.3 is 0 Å². The van der Waals surface area contributed by atoms with Gasteiger partial charge in [-0.1, -0.05) is 12.1 Å². The number of benzene rings is 1. The van der Waals surface area contributed by atoms with Crippen LogP contribution in [-0.2, 0) is 12.8 Å². The smallest absolute Gasteiger partial charge is 0.122 e. The molecule has 90 valence electrons. The van der Waals surface area contributed by atoms with Crippen molar-refractivity contribution in [1.82, 2.24) is 10.2 Å². The molecule has 0 bridgehead atoms. The van der Waals surface area contributed by atoms with Gasteiger partial charge in [0, 0.05) is 10.5 Å². The van der Waals surface area contributed by atoms with Crippen LogP contribution in [0.1, 0.15) is 24.0 Å². The van der Waals surface area contributed by atoms with Crippen LogP contribution >= 0.6 is 0 Å². The van der Waals surface area contributed by atoms with Gasteiger partial charge in [-0.25, -0.2) is 0 Å². The third kappa shape index (κ3) is 1.96. The van der Waals surface area contributed by atoms with E-state index in [0.717, 1.165) is 17.7 Å². The van der Waals surface area contributed by atoms with Crippen LogP contribution in [-0.4, -0.2) is 10.2 Å². The number of H-pyrrole nitrogens is 1. The van der Waals surface area contributed by atoms with Crippen LogP contribution in [0.4, 0.5) is 5.82 Å². The fourth-order valence-electron chi connectivity index (χ4n) is 2.45. The molecule has 2 aromatic rings. The summed E-state index contributed by atoms with van der Waals surface area (Å²) in [5.74, 6) is 0.449. The number of fused-ring (bicyclic) bond motifs is 1. The summed E-state index contributed by atoms with van der Waals surface area (Å²) in [6, 6.07) is 8.24. The first-order chi connectivity index (χ1) is 8.86. The number of rotatable bonds is 2. The van der Waals surface area contributed by atoms with Crippen molar-refractivity contribution in [3.05, 3.63) is 45.8 Å². The molecule has 18 heavy (non-hydrogen) atoms. The zero-order valence-corrected chi connectivity index (χ0v) is 9.93. The molecular weight excluding hydrogens is 226 g/mol. The maximum atomic E-state index is 8.37. The van der Waals surface area contributed by atoms with Gasteiger partial charge in [0.05, 0.1) is 5.69 Å². The summed E-state index contributed by atoms with van der Waals surface area (Å²) in [7, 11) is 0. The highest BCUT2D eigenvalue weighted by atomic mass is 15.2. The van der Waals surface area contributed by atoms with Crippen molar-refractivity contribution >= 4 is 5.82 Å². The Morgan fingerprint density at radius 2 is 2.00 bits per heavy atom. The van der Waals surface area contributed by atoms with Crippen LogP contribution in [0.3, 0.4) is 0 Å². The average molecular weight is 239 g/mol. The fraction of sp³-hybridized carbons (Fsp3) is 0.308. The lowest BCUT2D eigenvalue weighted by molar-refractivity contribution is 0.686. The maximum Gasteiger partial charge on any atom is 0.122 e. The molecule has 0 aliphatic heterocycles. The maximum absolute atomic E-state index is 8.37. The second-order valence-corrected chi connectivity index (χ2v) is 4.52. The minimum atomic E-state index is 0.449. The van der Waals surface area contributed by atoms with Crippen molar-refractivity contribution in [1.29, 1.82) is 0 Å². The van der Waals surface area contributed by atoms with E-state index >= 15 is 0 Å². The molecule has 0 saturated carbocycles. The Labute approximate surface area is 104 Å². The highest BCUT2D eigenvalue weighted by Gasteiger charge is 2.11. The number of aryl methyl sites for hydroxylation is 2. The van der Waals surface area contributed by atoms with Crippen molar-refractivity contribution in [3.63, 3.8) is 0 Å². The predicted molar refractivity (Wildman–Crippen MR) is 69.5 cm³/mol. The summed E-state index contributed by atoms with van der Waals surface area (Å²) < 4.78 is 0. The Morgan fingerprint density at radius 1 is 1.17 bits per heavy atom. The summed E-state index contributed by atoms with van der Waals surface area (Å²) in [6.45, 7) is 0. The largest absolute Gasteiger partial charge is 0.275 e. The second-order valence-electron chi connectivity index (χ2n) is 4.52. The minimum absolute atomic E-state index is 0.449. The number of aromatic amines is 1. The summed E-state index contributed by atoms with van der Waals surface area (Å²) in [5, 5.41) is 10.4. The molecule has 1 heterocycles. The van der Waals surface area contributed by atoms with Crippen LogP contribution in [0, 0.1) is 0 Å². The number of nitrogens with one attached hydrogen (secondary N) is 1. The quantitative estimate of drug-likeness (QED) is 0.481. The molecule has 0 unspecified atom stereocenters. The lowest BCUT2D eigenvalue weighted by Gasteiger charge is -2.15. The Morgan fingerprint density at radius 3 is 2.83 bits per heavy atom. The molecule has 0 spiro atoms. The van der Waals surface area contributed by atoms with E-state index in [0.29, 0.717) is 5.82 Å². The van der Waals surface area contributed by atoms with E-state index in [1.54, 1.807) is 6.07 Å². The summed E-state index contributed by atoms with van der Waals surface area (Å²) in [5.41, 5.74) is 13.1. The first-order valence-corrected chi connectivity index (χ1v) is 6.09. The molecule has 5 nitrogen and oxygen atoms in total. The Balaban J connectivity index is 1.98. The molecule has 1 N–H and O–H groups in total. The lowest BCUT2D eigenvalue weighted by atomic mass is 9.90. The predicted octanol–water partition coefficient (Wildman–Crippen LogP) is 3.90. The van der Waals surface area contributed by atoms with Gasteiger partial charge in [-0.05, 0) is 59.6 Å². The molecule has 3 rings (SSSR count). The molecule has 0 saturated heterocycles. The van der Waals surface area contributed by atoms with E-state index < -0.39 is 0 Å². The minimum Gasteiger partial charge on any atom is -0.275 e. The number of nitrogens with zero attached hydrogens (tertiary/aromatic N) is 4. The molecule has 0 radical (unpaired) electrons. The van der Waals surface area contributed by atoms with Gasteiger partial charge in [0.1, 0.15) is 5.82 Å². The van der Waals surface area contributed by atoms with Gasteiger partial charge in [-0.2, -0.15) is 5.10 Å². The molecular formula is C13H13N5. The normalized spacial score (nSPS) is 13.8. The fourth-order valence-corrected chi connectivity index (χ4v) is 2.45. The molecule has 1 aliphatic rings. The first-order valence-electron chi connectivity index (χ1n) is 6.09. The van der Waals surface area contributed by atoms with Gasteiger partial charge in [-0.3, -0.25) is 5.10 Å². The van der Waals surface area contributed by atoms with E-state index in [1.165, 1.54) is 30.4 Å². The highest BCUT2D eigenvalue weighted by molar-refractivity contribution is 5.63. The summed E-state index contributed by atoms with van der Waals surface area (Å²) in [6.07, 6.45) is 4.88. The van der Waals surface area contributed by atoms with E-state index in [-0.39, 0.29) is 0 Å². The zero-order valence-electron chi connectivity index (χ0n) is 9.93. The molecule has 0 amide bonds. The van der Waals surface area contributed by atoms with Crippen molar-refractivity contribution in [2.45, 2.75) is 25.7 Å². The van der Waals surface area contributed by atoms with Crippen molar-refractivity contribution in [2.75, 3.05) is 0 Å². The van der Waals surface area contributed by atoms with Crippen molar-refractivity contribution in [2.24, 2.45) is 5.11 Å². The number of hydrogen-bond donors (Lipinski definition) is 1. The van der Waals surface area contributed by atoms with E-state index in [4.69, 9.17) is 5.53 Å². The monoisotopic (exact) mass is 239 g/mol. The van der Waals surface area contributed by atoms with Crippen molar-refractivity contribution in [3.8, 4) is 11.3 Å². The average Bonchev–Trinajstić information content (AvgIpc) is 2.87. The van der Waals surface area contributed by atoms with E-state index in [1.807, 2.05) is 0 Å². The number of aromatic nitrogens is 2. The topological polar surface area (TPSA) is 77.4 Å².